The highest BCUT2D eigenvalue weighted by molar-refractivity contribution is 5.93. The van der Waals surface area contributed by atoms with Crippen LogP contribution < -0.4 is 0 Å². The normalized spacial score (nSPS) is 48.0. The second-order valence-electron chi connectivity index (χ2n) is 10.7. The third-order valence-corrected chi connectivity index (χ3v) is 9.65. The van der Waals surface area contributed by atoms with Crippen molar-refractivity contribution in [3.63, 3.8) is 0 Å². The van der Waals surface area contributed by atoms with Gasteiger partial charge in [0.05, 0.1) is 0 Å². The zero-order valence-corrected chi connectivity index (χ0v) is 17.6. The molecule has 4 fully saturated rings. The third-order valence-electron chi connectivity index (χ3n) is 9.65. The van der Waals surface area contributed by atoms with Gasteiger partial charge >= 0.3 is 0 Å². The van der Waals surface area contributed by atoms with E-state index >= 15 is 0 Å². The van der Waals surface area contributed by atoms with Gasteiger partial charge < -0.3 is 0 Å². The molecule has 0 heterocycles. The predicted molar refractivity (Wildman–Crippen MR) is 105 cm³/mol. The third kappa shape index (κ3) is 2.63. The maximum absolute atomic E-state index is 13.6. The van der Waals surface area contributed by atoms with E-state index in [0.717, 1.165) is 25.7 Å². The van der Waals surface area contributed by atoms with Crippen LogP contribution in [0.3, 0.4) is 0 Å². The lowest BCUT2D eigenvalue weighted by molar-refractivity contribution is -0.166. The van der Waals surface area contributed by atoms with Gasteiger partial charge in [0.2, 0.25) is 0 Å². The van der Waals surface area contributed by atoms with Gasteiger partial charge in [-0.25, -0.2) is 0 Å². The Bertz CT molecular complexity index is 667. The largest absolute Gasteiger partial charge is 0.300 e. The molecule has 4 rings (SSSR count). The molecule has 0 aliphatic heterocycles. The molecule has 0 saturated heterocycles. The zero-order chi connectivity index (χ0) is 19.6. The zero-order valence-electron chi connectivity index (χ0n) is 17.6. The second kappa shape index (κ2) is 6.52. The SMILES string of the molecule is CCCC(C)[C@H]1CC[C@H]2[C@@H]3C(=O)C[C@@H]4CC(=O)CC[C@]4(C)[C@H]3CC(=O)[C@]12C. The van der Waals surface area contributed by atoms with Gasteiger partial charge in [-0.3, -0.25) is 14.4 Å². The summed E-state index contributed by atoms with van der Waals surface area (Å²) in [4.78, 5) is 38.9. The summed E-state index contributed by atoms with van der Waals surface area (Å²) >= 11 is 0. The molecule has 0 aromatic heterocycles. The topological polar surface area (TPSA) is 51.2 Å². The van der Waals surface area contributed by atoms with Gasteiger partial charge in [0, 0.05) is 37.0 Å². The van der Waals surface area contributed by atoms with Crippen LogP contribution in [0.25, 0.3) is 0 Å². The van der Waals surface area contributed by atoms with E-state index in [-0.39, 0.29) is 34.5 Å². The van der Waals surface area contributed by atoms with Gasteiger partial charge in [-0.2, -0.15) is 0 Å². The summed E-state index contributed by atoms with van der Waals surface area (Å²) in [6.07, 6.45) is 7.66. The van der Waals surface area contributed by atoms with Crippen molar-refractivity contribution < 1.29 is 14.4 Å². The van der Waals surface area contributed by atoms with Crippen molar-refractivity contribution in [2.24, 2.45) is 46.3 Å². The highest BCUT2D eigenvalue weighted by Gasteiger charge is 2.66. The Morgan fingerprint density at radius 3 is 2.48 bits per heavy atom. The summed E-state index contributed by atoms with van der Waals surface area (Å²) in [5.74, 6) is 2.71. The lowest BCUT2D eigenvalue weighted by atomic mass is 9.44. The lowest BCUT2D eigenvalue weighted by Crippen LogP contribution is -2.60. The van der Waals surface area contributed by atoms with Crippen molar-refractivity contribution in [2.75, 3.05) is 0 Å². The van der Waals surface area contributed by atoms with Crippen molar-refractivity contribution in [2.45, 2.75) is 85.5 Å². The fraction of sp³-hybridized carbons (Fsp3) is 0.875. The van der Waals surface area contributed by atoms with E-state index in [1.54, 1.807) is 0 Å². The number of carbonyl (C=O) groups excluding carboxylic acids is 3. The first kappa shape index (κ1) is 19.3. The second-order valence-corrected chi connectivity index (χ2v) is 10.7. The Balaban J connectivity index is 1.69. The number of hydrogen-bond donors (Lipinski definition) is 0. The summed E-state index contributed by atoms with van der Waals surface area (Å²) in [5.41, 5.74) is -0.310. The Hall–Kier alpha value is -0.990. The fourth-order valence-electron chi connectivity index (χ4n) is 8.05. The van der Waals surface area contributed by atoms with Crippen molar-refractivity contribution in [3.05, 3.63) is 0 Å². The number of Topliss-reactive ketones (excluding diaryl/α,β-unsaturated/α-hetero) is 3. The molecule has 4 saturated carbocycles. The first-order valence-electron chi connectivity index (χ1n) is 11.3. The number of fused-ring (bicyclic) bond motifs is 5. The summed E-state index contributed by atoms with van der Waals surface area (Å²) in [6.45, 7) is 9.02. The first-order chi connectivity index (χ1) is 12.7. The highest BCUT2D eigenvalue weighted by atomic mass is 16.1. The Morgan fingerprint density at radius 2 is 1.78 bits per heavy atom. The summed E-state index contributed by atoms with van der Waals surface area (Å²) in [5, 5.41) is 0. The minimum atomic E-state index is -0.306. The van der Waals surface area contributed by atoms with Crippen LogP contribution in [0, 0.1) is 46.3 Å². The molecule has 4 aliphatic carbocycles. The quantitative estimate of drug-likeness (QED) is 0.700. The van der Waals surface area contributed by atoms with Crippen LogP contribution in [-0.4, -0.2) is 17.3 Å². The van der Waals surface area contributed by atoms with Gasteiger partial charge in [0.25, 0.3) is 0 Å². The average molecular weight is 373 g/mol. The number of rotatable bonds is 3. The molecule has 0 amide bonds. The van der Waals surface area contributed by atoms with Gasteiger partial charge in [-0.1, -0.05) is 40.5 Å². The summed E-state index contributed by atoms with van der Waals surface area (Å²) in [7, 11) is 0. The van der Waals surface area contributed by atoms with E-state index in [0.29, 0.717) is 54.9 Å². The Morgan fingerprint density at radius 1 is 1.04 bits per heavy atom. The fourth-order valence-corrected chi connectivity index (χ4v) is 8.05. The summed E-state index contributed by atoms with van der Waals surface area (Å²) < 4.78 is 0. The minimum Gasteiger partial charge on any atom is -0.300 e. The van der Waals surface area contributed by atoms with E-state index in [2.05, 4.69) is 27.7 Å². The van der Waals surface area contributed by atoms with Gasteiger partial charge in [-0.05, 0) is 54.3 Å². The molecule has 0 N–H and O–H groups in total. The number of ketones is 3. The van der Waals surface area contributed by atoms with Crippen LogP contribution in [0.1, 0.15) is 85.5 Å². The smallest absolute Gasteiger partial charge is 0.139 e. The van der Waals surface area contributed by atoms with E-state index in [1.807, 2.05) is 0 Å². The van der Waals surface area contributed by atoms with E-state index < -0.39 is 0 Å². The van der Waals surface area contributed by atoms with Crippen LogP contribution in [0.15, 0.2) is 0 Å². The number of hydrogen-bond acceptors (Lipinski definition) is 3. The van der Waals surface area contributed by atoms with Gasteiger partial charge in [0.1, 0.15) is 17.3 Å². The maximum atomic E-state index is 13.6. The molecular formula is C24H36O3. The minimum absolute atomic E-state index is 0.00338. The van der Waals surface area contributed by atoms with Crippen LogP contribution in [0.4, 0.5) is 0 Å². The molecule has 150 valence electrons. The molecule has 0 spiro atoms. The molecule has 8 atom stereocenters. The molecule has 0 aromatic rings. The van der Waals surface area contributed by atoms with Crippen LogP contribution in [0.5, 0.6) is 0 Å². The summed E-state index contributed by atoms with van der Waals surface area (Å²) in [6, 6.07) is 0. The van der Waals surface area contributed by atoms with Crippen LogP contribution in [0.2, 0.25) is 0 Å². The molecular weight excluding hydrogens is 336 g/mol. The molecule has 27 heavy (non-hydrogen) atoms. The Kier molecular flexibility index (Phi) is 4.67. The lowest BCUT2D eigenvalue weighted by Gasteiger charge is -2.58. The standard InChI is InChI=1S/C24H36O3/c1-5-6-14(2)17-7-8-18-22-19(13-21(27)24(17,18)4)23(3)10-9-16(25)11-15(23)12-20(22)26/h14-15,17-19,22H,5-13H2,1-4H3/t14?,15-,17+,18-,19-,22-,23-,24+/m0/s1. The average Bonchev–Trinajstić information content (AvgIpc) is 2.96. The van der Waals surface area contributed by atoms with Crippen molar-refractivity contribution in [1.29, 1.82) is 0 Å². The van der Waals surface area contributed by atoms with Crippen molar-refractivity contribution in [1.82, 2.24) is 0 Å². The van der Waals surface area contributed by atoms with Crippen LogP contribution in [-0.2, 0) is 14.4 Å². The molecule has 1 unspecified atom stereocenters. The molecule has 3 nitrogen and oxygen atoms in total. The molecule has 4 aliphatic rings. The van der Waals surface area contributed by atoms with E-state index in [4.69, 9.17) is 0 Å². The van der Waals surface area contributed by atoms with Gasteiger partial charge in [0.15, 0.2) is 0 Å². The molecule has 0 radical (unpaired) electrons. The van der Waals surface area contributed by atoms with E-state index in [1.165, 1.54) is 6.42 Å². The monoisotopic (exact) mass is 372 g/mol. The van der Waals surface area contributed by atoms with Crippen molar-refractivity contribution >= 4 is 17.3 Å². The first-order valence-corrected chi connectivity index (χ1v) is 11.3. The highest BCUT2D eigenvalue weighted by Crippen LogP contribution is 2.66. The maximum Gasteiger partial charge on any atom is 0.139 e. The van der Waals surface area contributed by atoms with E-state index in [9.17, 15) is 14.4 Å². The Labute approximate surface area is 164 Å². The van der Waals surface area contributed by atoms with Crippen LogP contribution >= 0.6 is 0 Å². The molecule has 0 bridgehead atoms. The predicted octanol–water partition coefficient (Wildman–Crippen LogP) is 5.01. The van der Waals surface area contributed by atoms with Crippen molar-refractivity contribution in [3.8, 4) is 0 Å². The molecule has 3 heteroatoms. The van der Waals surface area contributed by atoms with Gasteiger partial charge in [-0.15, -0.1) is 0 Å². The number of carbonyl (C=O) groups is 3. The molecule has 0 aromatic carbocycles.